The number of rotatable bonds is 3. The van der Waals surface area contributed by atoms with Crippen LogP contribution in [0.15, 0.2) is 0 Å². The second-order valence-corrected chi connectivity index (χ2v) is 6.60. The van der Waals surface area contributed by atoms with Crippen molar-refractivity contribution >= 4 is 28.2 Å². The summed E-state index contributed by atoms with van der Waals surface area (Å²) in [6.45, 7) is 3.44. The first kappa shape index (κ1) is 14.6. The van der Waals surface area contributed by atoms with Crippen LogP contribution < -0.4 is 16.0 Å². The monoisotopic (exact) mass is 310 g/mol. The number of carbonyl (C=O) groups excluding carboxylic acids is 1. The molecule has 0 saturated carbocycles. The third-order valence-corrected chi connectivity index (χ3v) is 5.16. The Labute approximate surface area is 128 Å². The Bertz CT molecular complexity index is 493. The topological polar surface area (TPSA) is 80.5 Å². The molecule has 0 unspecified atom stereocenters. The Morgan fingerprint density at radius 3 is 2.71 bits per heavy atom. The molecule has 1 amide bonds. The van der Waals surface area contributed by atoms with Gasteiger partial charge in [0.2, 0.25) is 0 Å². The van der Waals surface area contributed by atoms with Crippen molar-refractivity contribution in [2.45, 2.75) is 38.1 Å². The fraction of sp³-hybridized carbons (Fsp3) is 0.714. The summed E-state index contributed by atoms with van der Waals surface area (Å²) >= 11 is 1.41. The van der Waals surface area contributed by atoms with E-state index in [2.05, 4.69) is 15.2 Å². The van der Waals surface area contributed by atoms with E-state index in [9.17, 15) is 4.79 Å². The second-order valence-electron chi connectivity index (χ2n) is 5.62. The normalized spacial score (nSPS) is 20.5. The fourth-order valence-corrected chi connectivity index (χ4v) is 3.74. The summed E-state index contributed by atoms with van der Waals surface area (Å²) in [5, 5.41) is 3.92. The molecule has 6 nitrogen and oxygen atoms in total. The number of carbonyl (C=O) groups is 1. The van der Waals surface area contributed by atoms with Gasteiger partial charge in [0.15, 0.2) is 5.13 Å². The van der Waals surface area contributed by atoms with Gasteiger partial charge < -0.3 is 20.7 Å². The molecular formula is C14H22N4O2S. The number of ether oxygens (including phenoxy) is 1. The molecule has 0 atom stereocenters. The van der Waals surface area contributed by atoms with Gasteiger partial charge in [0.25, 0.3) is 5.91 Å². The number of anilines is 2. The van der Waals surface area contributed by atoms with Crippen molar-refractivity contribution in [1.29, 1.82) is 0 Å². The minimum absolute atomic E-state index is 0.0971. The van der Waals surface area contributed by atoms with Gasteiger partial charge in [0, 0.05) is 32.3 Å². The lowest BCUT2D eigenvalue weighted by Crippen LogP contribution is -2.38. The number of amides is 1. The Morgan fingerprint density at radius 1 is 1.29 bits per heavy atom. The molecule has 2 aliphatic rings. The smallest absolute Gasteiger partial charge is 0.265 e. The summed E-state index contributed by atoms with van der Waals surface area (Å²) in [4.78, 5) is 19.5. The highest BCUT2D eigenvalue weighted by atomic mass is 32.1. The molecule has 2 aliphatic heterocycles. The molecule has 116 valence electrons. The Kier molecular flexibility index (Phi) is 4.60. The van der Waals surface area contributed by atoms with Gasteiger partial charge in [-0.15, -0.1) is 0 Å². The van der Waals surface area contributed by atoms with Crippen LogP contribution >= 0.6 is 11.3 Å². The average molecular weight is 310 g/mol. The van der Waals surface area contributed by atoms with Crippen LogP contribution in [0.2, 0.25) is 0 Å². The van der Waals surface area contributed by atoms with E-state index in [4.69, 9.17) is 10.5 Å². The van der Waals surface area contributed by atoms with E-state index in [-0.39, 0.29) is 11.9 Å². The van der Waals surface area contributed by atoms with Gasteiger partial charge in [0.1, 0.15) is 10.7 Å². The molecule has 1 aromatic heterocycles. The molecule has 0 aliphatic carbocycles. The molecule has 3 heterocycles. The largest absolute Gasteiger partial charge is 0.382 e. The summed E-state index contributed by atoms with van der Waals surface area (Å²) in [6.07, 6.45) is 5.37. The van der Waals surface area contributed by atoms with E-state index in [1.54, 1.807) is 0 Å². The highest BCUT2D eigenvalue weighted by Gasteiger charge is 2.23. The highest BCUT2D eigenvalue weighted by Crippen LogP contribution is 2.30. The molecular weight excluding hydrogens is 288 g/mol. The van der Waals surface area contributed by atoms with Gasteiger partial charge in [-0.2, -0.15) is 0 Å². The van der Waals surface area contributed by atoms with E-state index < -0.39 is 0 Å². The number of nitrogen functional groups attached to an aromatic ring is 1. The van der Waals surface area contributed by atoms with Crippen molar-refractivity contribution in [2.24, 2.45) is 0 Å². The minimum atomic E-state index is -0.0971. The molecule has 0 radical (unpaired) electrons. The lowest BCUT2D eigenvalue weighted by Gasteiger charge is -2.25. The van der Waals surface area contributed by atoms with Gasteiger partial charge >= 0.3 is 0 Å². The Hall–Kier alpha value is -1.34. The summed E-state index contributed by atoms with van der Waals surface area (Å²) in [5.41, 5.74) is 5.94. The molecule has 21 heavy (non-hydrogen) atoms. The first-order chi connectivity index (χ1) is 10.2. The fourth-order valence-electron chi connectivity index (χ4n) is 2.80. The number of nitrogens with one attached hydrogen (secondary N) is 1. The van der Waals surface area contributed by atoms with Gasteiger partial charge in [0.05, 0.1) is 0 Å². The average Bonchev–Trinajstić information content (AvgIpc) is 2.91. The Balaban J connectivity index is 1.66. The maximum Gasteiger partial charge on any atom is 0.265 e. The first-order valence-corrected chi connectivity index (χ1v) is 8.45. The first-order valence-electron chi connectivity index (χ1n) is 7.64. The molecule has 0 bridgehead atoms. The molecule has 3 N–H and O–H groups in total. The SMILES string of the molecule is Nc1nc(N2CCCCC2)sc1C(=O)NC1CCOCC1. The molecule has 0 aromatic carbocycles. The van der Waals surface area contributed by atoms with Crippen molar-refractivity contribution in [1.82, 2.24) is 10.3 Å². The van der Waals surface area contributed by atoms with E-state index in [0.717, 1.165) is 31.1 Å². The standard InChI is InChI=1S/C14H22N4O2S/c15-12-11(13(19)16-10-4-8-20-9-5-10)21-14(17-12)18-6-2-1-3-7-18/h10H,1-9,15H2,(H,16,19). The number of nitrogens with two attached hydrogens (primary N) is 1. The molecule has 2 fully saturated rings. The minimum Gasteiger partial charge on any atom is -0.382 e. The van der Waals surface area contributed by atoms with Crippen LogP contribution in [0.25, 0.3) is 0 Å². The lowest BCUT2D eigenvalue weighted by atomic mass is 10.1. The zero-order valence-electron chi connectivity index (χ0n) is 12.1. The number of aromatic nitrogens is 1. The predicted octanol–water partition coefficient (Wildman–Crippen LogP) is 1.62. The third kappa shape index (κ3) is 3.47. The van der Waals surface area contributed by atoms with Crippen molar-refractivity contribution in [3.05, 3.63) is 4.88 Å². The number of piperidine rings is 1. The summed E-state index contributed by atoms with van der Waals surface area (Å²) < 4.78 is 5.30. The summed E-state index contributed by atoms with van der Waals surface area (Å²) in [7, 11) is 0. The lowest BCUT2D eigenvalue weighted by molar-refractivity contribution is 0.0698. The van der Waals surface area contributed by atoms with Gasteiger partial charge in [-0.05, 0) is 32.1 Å². The van der Waals surface area contributed by atoms with E-state index >= 15 is 0 Å². The zero-order chi connectivity index (χ0) is 14.7. The van der Waals surface area contributed by atoms with Crippen molar-refractivity contribution in [3.8, 4) is 0 Å². The van der Waals surface area contributed by atoms with Crippen LogP contribution in [-0.2, 0) is 4.74 Å². The second kappa shape index (κ2) is 6.62. The van der Waals surface area contributed by atoms with Crippen molar-refractivity contribution < 1.29 is 9.53 Å². The number of hydrogen-bond donors (Lipinski definition) is 2. The van der Waals surface area contributed by atoms with E-state index in [0.29, 0.717) is 23.9 Å². The van der Waals surface area contributed by atoms with Crippen LogP contribution in [0, 0.1) is 0 Å². The zero-order valence-corrected chi connectivity index (χ0v) is 13.0. The van der Waals surface area contributed by atoms with E-state index in [1.807, 2.05) is 0 Å². The Morgan fingerprint density at radius 2 is 2.00 bits per heavy atom. The van der Waals surface area contributed by atoms with Crippen molar-refractivity contribution in [2.75, 3.05) is 36.9 Å². The predicted molar refractivity (Wildman–Crippen MR) is 83.9 cm³/mol. The number of thiazole rings is 1. The number of hydrogen-bond acceptors (Lipinski definition) is 6. The van der Waals surface area contributed by atoms with Crippen LogP contribution in [0.3, 0.4) is 0 Å². The maximum atomic E-state index is 12.3. The van der Waals surface area contributed by atoms with Crippen LogP contribution in [0.5, 0.6) is 0 Å². The van der Waals surface area contributed by atoms with Gasteiger partial charge in [-0.25, -0.2) is 4.98 Å². The quantitative estimate of drug-likeness (QED) is 0.887. The van der Waals surface area contributed by atoms with Crippen LogP contribution in [0.1, 0.15) is 41.8 Å². The summed E-state index contributed by atoms with van der Waals surface area (Å²) in [6, 6.07) is 0.186. The van der Waals surface area contributed by atoms with Crippen LogP contribution in [0.4, 0.5) is 10.9 Å². The highest BCUT2D eigenvalue weighted by molar-refractivity contribution is 7.18. The molecule has 1 aromatic rings. The maximum absolute atomic E-state index is 12.3. The van der Waals surface area contributed by atoms with Crippen molar-refractivity contribution in [3.63, 3.8) is 0 Å². The van der Waals surface area contributed by atoms with Gasteiger partial charge in [-0.1, -0.05) is 11.3 Å². The molecule has 7 heteroatoms. The number of nitrogens with zero attached hydrogens (tertiary/aromatic N) is 2. The summed E-state index contributed by atoms with van der Waals surface area (Å²) in [5.74, 6) is 0.255. The van der Waals surface area contributed by atoms with Gasteiger partial charge in [-0.3, -0.25) is 4.79 Å². The third-order valence-electron chi connectivity index (χ3n) is 4.03. The molecule has 2 saturated heterocycles. The van der Waals surface area contributed by atoms with Crippen LogP contribution in [-0.4, -0.2) is 43.2 Å². The van der Waals surface area contributed by atoms with E-state index in [1.165, 1.54) is 30.6 Å². The molecule has 3 rings (SSSR count). The molecule has 0 spiro atoms.